The van der Waals surface area contributed by atoms with Crippen LogP contribution in [0.2, 0.25) is 0 Å². The molecule has 0 heterocycles. The van der Waals surface area contributed by atoms with Gasteiger partial charge in [-0.3, -0.25) is 10.5 Å². The van der Waals surface area contributed by atoms with E-state index in [9.17, 15) is 26.3 Å². The maximum absolute atomic E-state index is 12.7. The third kappa shape index (κ3) is 4.08. The molecule has 0 spiro atoms. The molecule has 0 saturated heterocycles. The van der Waals surface area contributed by atoms with Crippen molar-refractivity contribution in [3.05, 3.63) is 48.1 Å². The Morgan fingerprint density at radius 3 is 2.21 bits per heavy atom. The average molecular weight is 354 g/mol. The highest BCUT2D eigenvalue weighted by Crippen LogP contribution is 2.41. The van der Waals surface area contributed by atoms with Crippen molar-refractivity contribution in [3.63, 3.8) is 0 Å². The lowest BCUT2D eigenvalue weighted by molar-refractivity contribution is -0.357. The molecule has 2 unspecified atom stereocenters. The highest BCUT2D eigenvalue weighted by atomic mass is 19.4. The molecule has 1 aromatic carbocycles. The number of allylic oxidation sites excluding steroid dienone is 2. The van der Waals surface area contributed by atoms with Gasteiger partial charge in [0.25, 0.3) is 0 Å². The fraction of sp³-hybridized carbons (Fsp3) is 0.286. The van der Waals surface area contributed by atoms with E-state index in [-0.39, 0.29) is 5.56 Å². The zero-order chi connectivity index (χ0) is 18.2. The molecule has 0 fully saturated rings. The number of ether oxygens (including phenoxy) is 2. The van der Waals surface area contributed by atoms with E-state index in [4.69, 9.17) is 11.5 Å². The Morgan fingerprint density at radius 2 is 1.62 bits per heavy atom. The van der Waals surface area contributed by atoms with Gasteiger partial charge in [-0.2, -0.15) is 0 Å². The minimum atomic E-state index is -5.16. The van der Waals surface area contributed by atoms with Gasteiger partial charge in [0.1, 0.15) is 5.75 Å². The molecule has 0 radical (unpaired) electrons. The molecule has 4 N–H and O–H groups in total. The normalized spacial score (nSPS) is 24.7. The summed E-state index contributed by atoms with van der Waals surface area (Å²) in [5, 5.41) is 0. The van der Waals surface area contributed by atoms with Crippen molar-refractivity contribution < 1.29 is 35.8 Å². The topological polar surface area (TPSA) is 70.5 Å². The van der Waals surface area contributed by atoms with Crippen LogP contribution in [0, 0.1) is 0 Å². The molecule has 24 heavy (non-hydrogen) atoms. The number of benzene rings is 1. The van der Waals surface area contributed by atoms with E-state index in [1.165, 1.54) is 18.2 Å². The highest BCUT2D eigenvalue weighted by Gasteiger charge is 2.48. The molecule has 0 bridgehead atoms. The number of para-hydroxylation sites is 1. The molecule has 1 aromatic rings. The first-order valence-electron chi connectivity index (χ1n) is 6.48. The van der Waals surface area contributed by atoms with E-state index in [1.807, 2.05) is 0 Å². The predicted octanol–water partition coefficient (Wildman–Crippen LogP) is 3.06. The van der Waals surface area contributed by atoms with Crippen LogP contribution >= 0.6 is 0 Å². The van der Waals surface area contributed by atoms with Crippen molar-refractivity contribution in [2.75, 3.05) is 0 Å². The summed E-state index contributed by atoms with van der Waals surface area (Å²) in [7, 11) is 0. The van der Waals surface area contributed by atoms with Crippen LogP contribution in [0.1, 0.15) is 5.56 Å². The maximum atomic E-state index is 12.7. The lowest BCUT2D eigenvalue weighted by Crippen LogP contribution is -2.60. The standard InChI is InChI=1S/C14H12F6N2O2/c15-13(16,17)23-10-6-2-1-4-8(10)9-5-3-7-11(21)12(9,22)24-14(18,19)20/h1-7,11H,21-22H2. The van der Waals surface area contributed by atoms with Crippen molar-refractivity contribution in [2.24, 2.45) is 11.5 Å². The van der Waals surface area contributed by atoms with E-state index >= 15 is 0 Å². The van der Waals surface area contributed by atoms with Crippen LogP contribution in [0.15, 0.2) is 42.5 Å². The van der Waals surface area contributed by atoms with E-state index in [2.05, 4.69) is 9.47 Å². The molecule has 0 amide bonds. The molecule has 0 saturated carbocycles. The number of halogens is 6. The summed E-state index contributed by atoms with van der Waals surface area (Å²) in [4.78, 5) is 0. The molecule has 2 rings (SSSR count). The van der Waals surface area contributed by atoms with Crippen LogP contribution in [0.3, 0.4) is 0 Å². The average Bonchev–Trinajstić information content (AvgIpc) is 2.39. The van der Waals surface area contributed by atoms with Crippen LogP contribution in [0.4, 0.5) is 26.3 Å². The molecule has 0 aromatic heterocycles. The summed E-state index contributed by atoms with van der Waals surface area (Å²) in [5.41, 5.74) is 7.93. The molecule has 0 aliphatic heterocycles. The zero-order valence-electron chi connectivity index (χ0n) is 11.9. The number of alkyl halides is 6. The van der Waals surface area contributed by atoms with E-state index < -0.39 is 35.8 Å². The van der Waals surface area contributed by atoms with Crippen LogP contribution < -0.4 is 16.2 Å². The van der Waals surface area contributed by atoms with Crippen molar-refractivity contribution in [1.82, 2.24) is 0 Å². The molecule has 1 aliphatic rings. The monoisotopic (exact) mass is 354 g/mol. The van der Waals surface area contributed by atoms with Crippen molar-refractivity contribution in [3.8, 4) is 5.75 Å². The summed E-state index contributed by atoms with van der Waals surface area (Å²) >= 11 is 0. The molecular weight excluding hydrogens is 342 g/mol. The summed E-state index contributed by atoms with van der Waals surface area (Å²) in [6.45, 7) is 0. The number of nitrogens with two attached hydrogens (primary N) is 2. The Morgan fingerprint density at radius 1 is 1.00 bits per heavy atom. The van der Waals surface area contributed by atoms with Gasteiger partial charge in [-0.05, 0) is 6.07 Å². The lowest BCUT2D eigenvalue weighted by Gasteiger charge is -2.38. The Bertz CT molecular complexity index is 668. The smallest absolute Gasteiger partial charge is 0.405 e. The first-order valence-corrected chi connectivity index (χ1v) is 6.48. The van der Waals surface area contributed by atoms with Crippen molar-refractivity contribution in [2.45, 2.75) is 24.5 Å². The zero-order valence-corrected chi connectivity index (χ0v) is 11.9. The second kappa shape index (κ2) is 6.11. The van der Waals surface area contributed by atoms with Gasteiger partial charge in [-0.25, -0.2) is 0 Å². The van der Waals surface area contributed by atoms with Crippen LogP contribution in [-0.4, -0.2) is 24.5 Å². The number of hydrogen-bond acceptors (Lipinski definition) is 4. The molecule has 4 nitrogen and oxygen atoms in total. The molecule has 1 aliphatic carbocycles. The van der Waals surface area contributed by atoms with Crippen molar-refractivity contribution >= 4 is 5.57 Å². The van der Waals surface area contributed by atoms with Crippen molar-refractivity contribution in [1.29, 1.82) is 0 Å². The molecule has 2 atom stereocenters. The first kappa shape index (κ1) is 18.3. The van der Waals surface area contributed by atoms with E-state index in [1.54, 1.807) is 0 Å². The number of rotatable bonds is 3. The Hall–Kier alpha value is -2.04. The largest absolute Gasteiger partial charge is 0.573 e. The predicted molar refractivity (Wildman–Crippen MR) is 72.3 cm³/mol. The Labute approximate surface area is 132 Å². The lowest BCUT2D eigenvalue weighted by atomic mass is 9.86. The second-order valence-corrected chi connectivity index (χ2v) is 4.88. The highest BCUT2D eigenvalue weighted by molar-refractivity contribution is 5.79. The minimum Gasteiger partial charge on any atom is -0.405 e. The summed E-state index contributed by atoms with van der Waals surface area (Å²) < 4.78 is 83.4. The fourth-order valence-corrected chi connectivity index (χ4v) is 2.24. The Balaban J connectivity index is 2.53. The first-order chi connectivity index (χ1) is 10.9. The quantitative estimate of drug-likeness (QED) is 0.647. The minimum absolute atomic E-state index is 0.318. The van der Waals surface area contributed by atoms with Gasteiger partial charge < -0.3 is 10.5 Å². The van der Waals surface area contributed by atoms with Gasteiger partial charge in [0.2, 0.25) is 0 Å². The van der Waals surface area contributed by atoms with Gasteiger partial charge in [-0.15, -0.1) is 26.3 Å². The van der Waals surface area contributed by atoms with Gasteiger partial charge in [0.05, 0.1) is 6.04 Å². The maximum Gasteiger partial charge on any atom is 0.573 e. The van der Waals surface area contributed by atoms with Crippen LogP contribution in [-0.2, 0) is 4.74 Å². The van der Waals surface area contributed by atoms with Gasteiger partial charge >= 0.3 is 12.7 Å². The molecule has 132 valence electrons. The van der Waals surface area contributed by atoms with Gasteiger partial charge in [0.15, 0.2) is 5.72 Å². The number of hydrogen-bond donors (Lipinski definition) is 2. The van der Waals surface area contributed by atoms with Crippen LogP contribution in [0.5, 0.6) is 5.75 Å². The Kier molecular flexibility index (Phi) is 4.66. The van der Waals surface area contributed by atoms with E-state index in [0.29, 0.717) is 0 Å². The van der Waals surface area contributed by atoms with E-state index in [0.717, 1.165) is 24.3 Å². The molecular formula is C14H12F6N2O2. The fourth-order valence-electron chi connectivity index (χ4n) is 2.24. The summed E-state index contributed by atoms with van der Waals surface area (Å²) in [5.74, 6) is -0.723. The summed E-state index contributed by atoms with van der Waals surface area (Å²) in [6, 6.07) is 3.17. The summed E-state index contributed by atoms with van der Waals surface area (Å²) in [6.07, 6.45) is -6.69. The SMILES string of the molecule is NC1C=CC=C(c2ccccc2OC(F)(F)F)C1(N)OC(F)(F)F. The second-order valence-electron chi connectivity index (χ2n) is 4.88. The molecule has 10 heteroatoms. The third-order valence-electron chi connectivity index (χ3n) is 3.19. The van der Waals surface area contributed by atoms with Gasteiger partial charge in [0, 0.05) is 11.1 Å². The third-order valence-corrected chi connectivity index (χ3v) is 3.19. The van der Waals surface area contributed by atoms with Crippen LogP contribution in [0.25, 0.3) is 5.57 Å². The van der Waals surface area contributed by atoms with Gasteiger partial charge in [-0.1, -0.05) is 36.4 Å².